The van der Waals surface area contributed by atoms with E-state index in [4.69, 9.17) is 0 Å². The molecule has 33 heavy (non-hydrogen) atoms. The smallest absolute Gasteiger partial charge is 0.323 e. The van der Waals surface area contributed by atoms with Gasteiger partial charge in [-0.3, -0.25) is 19.3 Å². The molecule has 4 atom stereocenters. The van der Waals surface area contributed by atoms with Gasteiger partial charge in [0.2, 0.25) is 17.7 Å². The first kappa shape index (κ1) is 20.3. The standard InChI is InChI=1S/C23H17F4N3O3/c24-11-6-8-12(9-7-11)30-19(31)16-15-5-2-10-29(15)22(17(16)20(30)32)13-3-1-4-14(23(25,26)27)18(13)28-21(22)33/h1,3-4,6-9,15-17H,2,5,10H2,(H,28,33). The molecule has 0 bridgehead atoms. The zero-order valence-electron chi connectivity index (χ0n) is 17.0. The van der Waals surface area contributed by atoms with Crippen LogP contribution in [0.3, 0.4) is 0 Å². The molecule has 3 saturated heterocycles. The van der Waals surface area contributed by atoms with E-state index in [1.165, 1.54) is 24.3 Å². The van der Waals surface area contributed by atoms with Crippen molar-refractivity contribution < 1.29 is 31.9 Å². The topological polar surface area (TPSA) is 69.7 Å². The molecule has 6 nitrogen and oxygen atoms in total. The van der Waals surface area contributed by atoms with Gasteiger partial charge in [-0.05, 0) is 49.7 Å². The molecule has 6 rings (SSSR count). The summed E-state index contributed by atoms with van der Waals surface area (Å²) >= 11 is 0. The molecule has 170 valence electrons. The van der Waals surface area contributed by atoms with Gasteiger partial charge in [-0.15, -0.1) is 0 Å². The number of carbonyl (C=O) groups is 3. The summed E-state index contributed by atoms with van der Waals surface area (Å²) < 4.78 is 54.6. The summed E-state index contributed by atoms with van der Waals surface area (Å²) in [7, 11) is 0. The monoisotopic (exact) mass is 459 g/mol. The van der Waals surface area contributed by atoms with Crippen molar-refractivity contribution in [1.29, 1.82) is 0 Å². The van der Waals surface area contributed by atoms with Crippen LogP contribution in [0.5, 0.6) is 0 Å². The van der Waals surface area contributed by atoms with Crippen LogP contribution in [-0.2, 0) is 26.1 Å². The van der Waals surface area contributed by atoms with Gasteiger partial charge >= 0.3 is 6.18 Å². The van der Waals surface area contributed by atoms with Crippen LogP contribution in [0.1, 0.15) is 24.0 Å². The van der Waals surface area contributed by atoms with Crippen LogP contribution >= 0.6 is 0 Å². The maximum Gasteiger partial charge on any atom is 0.418 e. The highest BCUT2D eigenvalue weighted by Gasteiger charge is 2.75. The molecule has 1 N–H and O–H groups in total. The van der Waals surface area contributed by atoms with Gasteiger partial charge in [0.25, 0.3) is 0 Å². The lowest BCUT2D eigenvalue weighted by molar-refractivity contribution is -0.137. The third-order valence-electron chi connectivity index (χ3n) is 7.42. The number of halogens is 4. The molecule has 10 heteroatoms. The van der Waals surface area contributed by atoms with Crippen LogP contribution in [0.2, 0.25) is 0 Å². The lowest BCUT2D eigenvalue weighted by atomic mass is 9.75. The fourth-order valence-corrected chi connectivity index (χ4v) is 6.31. The van der Waals surface area contributed by atoms with Gasteiger partial charge in [0.15, 0.2) is 0 Å². The van der Waals surface area contributed by atoms with Gasteiger partial charge in [0.05, 0.1) is 28.8 Å². The Hall–Kier alpha value is -3.27. The normalized spacial score (nSPS) is 30.7. The highest BCUT2D eigenvalue weighted by atomic mass is 19.4. The highest BCUT2D eigenvalue weighted by molar-refractivity contribution is 6.26. The Kier molecular flexibility index (Phi) is 3.95. The first-order valence-corrected chi connectivity index (χ1v) is 10.6. The van der Waals surface area contributed by atoms with Gasteiger partial charge in [0.1, 0.15) is 11.4 Å². The number of anilines is 2. The Morgan fingerprint density at radius 3 is 2.42 bits per heavy atom. The molecular formula is C23H17F4N3O3. The van der Waals surface area contributed by atoms with E-state index >= 15 is 0 Å². The molecule has 1 spiro atoms. The number of fused-ring (bicyclic) bond motifs is 7. The van der Waals surface area contributed by atoms with E-state index in [2.05, 4.69) is 5.32 Å². The van der Waals surface area contributed by atoms with Crippen LogP contribution in [-0.4, -0.2) is 35.2 Å². The van der Waals surface area contributed by atoms with Crippen molar-refractivity contribution in [2.45, 2.75) is 30.6 Å². The van der Waals surface area contributed by atoms with Gasteiger partial charge in [-0.2, -0.15) is 13.2 Å². The number of carbonyl (C=O) groups excluding carboxylic acids is 3. The van der Waals surface area contributed by atoms with Crippen molar-refractivity contribution >= 4 is 29.1 Å². The Morgan fingerprint density at radius 2 is 1.73 bits per heavy atom. The summed E-state index contributed by atoms with van der Waals surface area (Å²) in [4.78, 5) is 43.4. The van der Waals surface area contributed by atoms with Gasteiger partial charge in [-0.1, -0.05) is 12.1 Å². The second kappa shape index (κ2) is 6.40. The zero-order valence-corrected chi connectivity index (χ0v) is 17.0. The average Bonchev–Trinajstić information content (AvgIpc) is 3.46. The van der Waals surface area contributed by atoms with E-state index in [0.717, 1.165) is 23.1 Å². The molecule has 3 fully saturated rings. The second-order valence-electron chi connectivity index (χ2n) is 8.84. The molecule has 4 aliphatic heterocycles. The molecule has 4 heterocycles. The van der Waals surface area contributed by atoms with E-state index < -0.39 is 58.7 Å². The highest BCUT2D eigenvalue weighted by Crippen LogP contribution is 2.61. The average molecular weight is 459 g/mol. The first-order chi connectivity index (χ1) is 15.7. The minimum atomic E-state index is -4.71. The third-order valence-corrected chi connectivity index (χ3v) is 7.42. The van der Waals surface area contributed by atoms with E-state index in [1.807, 2.05) is 0 Å². The summed E-state index contributed by atoms with van der Waals surface area (Å²) in [6.07, 6.45) is -3.52. The van der Waals surface area contributed by atoms with Crippen molar-refractivity contribution in [3.05, 3.63) is 59.4 Å². The number of imide groups is 1. The summed E-state index contributed by atoms with van der Waals surface area (Å²) in [6, 6.07) is 7.93. The molecular weight excluding hydrogens is 442 g/mol. The number of nitrogens with zero attached hydrogens (tertiary/aromatic N) is 2. The van der Waals surface area contributed by atoms with E-state index in [-0.39, 0.29) is 16.9 Å². The summed E-state index contributed by atoms with van der Waals surface area (Å²) in [5, 5.41) is 2.40. The number of hydrogen-bond donors (Lipinski definition) is 1. The van der Waals surface area contributed by atoms with E-state index in [0.29, 0.717) is 19.4 Å². The zero-order chi connectivity index (χ0) is 23.3. The van der Waals surface area contributed by atoms with Gasteiger partial charge in [0, 0.05) is 11.6 Å². The summed E-state index contributed by atoms with van der Waals surface area (Å²) in [5.74, 6) is -4.50. The van der Waals surface area contributed by atoms with E-state index in [9.17, 15) is 31.9 Å². The second-order valence-corrected chi connectivity index (χ2v) is 8.84. The fourth-order valence-electron chi connectivity index (χ4n) is 6.31. The van der Waals surface area contributed by atoms with Crippen molar-refractivity contribution in [2.75, 3.05) is 16.8 Å². The Bertz CT molecular complexity index is 1230. The molecule has 2 aromatic carbocycles. The first-order valence-electron chi connectivity index (χ1n) is 10.6. The molecule has 4 aliphatic rings. The lowest BCUT2D eigenvalue weighted by Crippen LogP contribution is -2.54. The van der Waals surface area contributed by atoms with Crippen LogP contribution in [0, 0.1) is 17.7 Å². The number of amides is 3. The number of benzene rings is 2. The Labute approximate surface area is 185 Å². The summed E-state index contributed by atoms with van der Waals surface area (Å²) in [6.45, 7) is 0.387. The third kappa shape index (κ3) is 2.39. The molecule has 0 aliphatic carbocycles. The minimum absolute atomic E-state index is 0.0730. The van der Waals surface area contributed by atoms with Crippen LogP contribution in [0.4, 0.5) is 28.9 Å². The number of alkyl halides is 3. The number of nitrogens with one attached hydrogen (secondary N) is 1. The van der Waals surface area contributed by atoms with Crippen molar-refractivity contribution in [2.24, 2.45) is 11.8 Å². The van der Waals surface area contributed by atoms with Crippen molar-refractivity contribution in [3.8, 4) is 0 Å². The van der Waals surface area contributed by atoms with Crippen molar-refractivity contribution in [3.63, 3.8) is 0 Å². The molecule has 2 aromatic rings. The quantitative estimate of drug-likeness (QED) is 0.525. The fraction of sp³-hybridized carbons (Fsp3) is 0.348. The van der Waals surface area contributed by atoms with Crippen LogP contribution in [0.15, 0.2) is 42.5 Å². The van der Waals surface area contributed by atoms with Crippen LogP contribution < -0.4 is 10.2 Å². The number of para-hydroxylation sites is 1. The minimum Gasteiger partial charge on any atom is -0.323 e. The van der Waals surface area contributed by atoms with Crippen molar-refractivity contribution in [1.82, 2.24) is 4.90 Å². The Morgan fingerprint density at radius 1 is 1.00 bits per heavy atom. The molecule has 0 aromatic heterocycles. The summed E-state index contributed by atoms with van der Waals surface area (Å²) in [5.41, 5.74) is -2.81. The maximum atomic E-state index is 13.7. The molecule has 4 unspecified atom stereocenters. The predicted molar refractivity (Wildman–Crippen MR) is 107 cm³/mol. The lowest BCUT2D eigenvalue weighted by Gasteiger charge is -2.36. The molecule has 0 radical (unpaired) electrons. The van der Waals surface area contributed by atoms with Gasteiger partial charge < -0.3 is 5.32 Å². The largest absolute Gasteiger partial charge is 0.418 e. The Balaban J connectivity index is 1.56. The van der Waals surface area contributed by atoms with Gasteiger partial charge in [-0.25, -0.2) is 9.29 Å². The maximum absolute atomic E-state index is 13.7. The number of hydrogen-bond acceptors (Lipinski definition) is 4. The van der Waals surface area contributed by atoms with E-state index in [1.54, 1.807) is 4.90 Å². The number of rotatable bonds is 1. The molecule has 0 saturated carbocycles. The SMILES string of the molecule is O=C1C2C3CCCN3C3(C(=O)Nc4c(C(F)(F)F)cccc43)C2C(=O)N1c1ccc(F)cc1. The van der Waals surface area contributed by atoms with Crippen LogP contribution in [0.25, 0.3) is 0 Å². The molecule has 3 amide bonds. The predicted octanol–water partition coefficient (Wildman–Crippen LogP) is 3.28.